The first-order valence-corrected chi connectivity index (χ1v) is 8.76. The number of halogens is 3. The highest BCUT2D eigenvalue weighted by molar-refractivity contribution is 7.93. The summed E-state index contributed by atoms with van der Waals surface area (Å²) in [5.41, 5.74) is -0.307. The van der Waals surface area contributed by atoms with E-state index in [4.69, 9.17) is 23.2 Å². The smallest absolute Gasteiger partial charge is 0.326 e. The van der Waals surface area contributed by atoms with Crippen molar-refractivity contribution in [3.63, 3.8) is 0 Å². The largest absolute Gasteiger partial charge is 0.468 e. The Morgan fingerprint density at radius 2 is 1.88 bits per heavy atom. The van der Waals surface area contributed by atoms with Crippen molar-refractivity contribution in [1.82, 2.24) is 0 Å². The van der Waals surface area contributed by atoms with Crippen LogP contribution in [0.2, 0.25) is 10.0 Å². The summed E-state index contributed by atoms with van der Waals surface area (Å²) in [5, 5.41) is 0.0233. The zero-order valence-electron chi connectivity index (χ0n) is 12.4. The van der Waals surface area contributed by atoms with Crippen molar-refractivity contribution in [2.75, 3.05) is 18.0 Å². The molecule has 9 heteroatoms. The van der Waals surface area contributed by atoms with Crippen LogP contribution in [0.4, 0.5) is 10.1 Å². The lowest BCUT2D eigenvalue weighted by molar-refractivity contribution is -0.138. The molecule has 2 rings (SSSR count). The van der Waals surface area contributed by atoms with Gasteiger partial charge in [0.05, 0.1) is 17.8 Å². The molecule has 0 aliphatic heterocycles. The van der Waals surface area contributed by atoms with Crippen molar-refractivity contribution < 1.29 is 22.3 Å². The van der Waals surface area contributed by atoms with Crippen LogP contribution in [-0.4, -0.2) is 28.0 Å². The fourth-order valence-electron chi connectivity index (χ4n) is 1.93. The van der Waals surface area contributed by atoms with Gasteiger partial charge in [0.25, 0.3) is 10.0 Å². The van der Waals surface area contributed by atoms with E-state index in [0.717, 1.165) is 19.2 Å². The van der Waals surface area contributed by atoms with E-state index in [1.54, 1.807) is 0 Å². The molecule has 0 fully saturated rings. The van der Waals surface area contributed by atoms with Gasteiger partial charge in [0.15, 0.2) is 0 Å². The van der Waals surface area contributed by atoms with E-state index in [2.05, 4.69) is 4.74 Å². The molecule has 0 spiro atoms. The Bertz CT molecular complexity index is 874. The zero-order valence-corrected chi connectivity index (χ0v) is 14.7. The molecule has 0 unspecified atom stereocenters. The highest BCUT2D eigenvalue weighted by Crippen LogP contribution is 2.31. The van der Waals surface area contributed by atoms with Gasteiger partial charge in [0.1, 0.15) is 17.3 Å². The van der Waals surface area contributed by atoms with E-state index < -0.39 is 28.4 Å². The first-order valence-electron chi connectivity index (χ1n) is 6.56. The van der Waals surface area contributed by atoms with Gasteiger partial charge in [-0.3, -0.25) is 9.10 Å². The molecule has 24 heavy (non-hydrogen) atoms. The molecule has 0 saturated heterocycles. The number of hydrogen-bond donors (Lipinski definition) is 0. The van der Waals surface area contributed by atoms with E-state index in [-0.39, 0.29) is 20.6 Å². The number of para-hydroxylation sites is 1. The second-order valence-corrected chi connectivity index (χ2v) is 7.29. The molecule has 5 nitrogen and oxygen atoms in total. The molecule has 0 heterocycles. The maximum absolute atomic E-state index is 14.1. The molecule has 2 aromatic carbocycles. The Hall–Kier alpha value is -1.83. The molecule has 0 bridgehead atoms. The Kier molecular flexibility index (Phi) is 5.69. The minimum Gasteiger partial charge on any atom is -0.468 e. The number of methoxy groups -OCH3 is 1. The summed E-state index contributed by atoms with van der Waals surface area (Å²) in [6, 6.07) is 8.99. The summed E-state index contributed by atoms with van der Waals surface area (Å²) in [7, 11) is -3.26. The summed E-state index contributed by atoms with van der Waals surface area (Å²) in [6.45, 7) is -0.720. The van der Waals surface area contributed by atoms with E-state index in [1.165, 1.54) is 30.3 Å². The highest BCUT2D eigenvalue weighted by atomic mass is 35.5. The van der Waals surface area contributed by atoms with Crippen molar-refractivity contribution in [1.29, 1.82) is 0 Å². The summed E-state index contributed by atoms with van der Waals surface area (Å²) >= 11 is 11.8. The first-order chi connectivity index (χ1) is 11.3. The lowest BCUT2D eigenvalue weighted by Gasteiger charge is -2.24. The lowest BCUT2D eigenvalue weighted by atomic mass is 10.3. The number of benzene rings is 2. The van der Waals surface area contributed by atoms with E-state index in [9.17, 15) is 17.6 Å². The molecule has 0 aliphatic rings. The highest BCUT2D eigenvalue weighted by Gasteiger charge is 2.31. The summed E-state index contributed by atoms with van der Waals surface area (Å²) in [4.78, 5) is 11.3. The Labute approximate surface area is 148 Å². The monoisotopic (exact) mass is 391 g/mol. The summed E-state index contributed by atoms with van der Waals surface area (Å²) < 4.78 is 45.0. The molecule has 2 aromatic rings. The van der Waals surface area contributed by atoms with Crippen LogP contribution in [0.5, 0.6) is 0 Å². The van der Waals surface area contributed by atoms with Gasteiger partial charge in [-0.25, -0.2) is 12.8 Å². The third-order valence-corrected chi connectivity index (χ3v) is 5.56. The maximum atomic E-state index is 14.1. The molecular formula is C15H12Cl2FNO4S. The molecule has 0 N–H and O–H groups in total. The number of rotatable bonds is 5. The van der Waals surface area contributed by atoms with Crippen LogP contribution < -0.4 is 4.31 Å². The average molecular weight is 392 g/mol. The minimum absolute atomic E-state index is 0.106. The minimum atomic E-state index is -4.36. The van der Waals surface area contributed by atoms with Gasteiger partial charge in [-0.1, -0.05) is 35.3 Å². The number of ether oxygens (including phenoxy) is 1. The number of hydrogen-bond acceptors (Lipinski definition) is 4. The van der Waals surface area contributed by atoms with Crippen LogP contribution in [-0.2, 0) is 19.6 Å². The Morgan fingerprint density at radius 3 is 2.50 bits per heavy atom. The van der Waals surface area contributed by atoms with Crippen LogP contribution in [0.15, 0.2) is 47.4 Å². The number of sulfonamides is 1. The average Bonchev–Trinajstić information content (AvgIpc) is 2.55. The number of esters is 1. The molecule has 0 saturated carbocycles. The van der Waals surface area contributed by atoms with Gasteiger partial charge >= 0.3 is 5.97 Å². The number of anilines is 1. The molecule has 0 amide bonds. The van der Waals surface area contributed by atoms with Crippen LogP contribution >= 0.6 is 23.2 Å². The van der Waals surface area contributed by atoms with Crippen LogP contribution in [0.1, 0.15) is 0 Å². The van der Waals surface area contributed by atoms with Crippen molar-refractivity contribution >= 4 is 44.9 Å². The topological polar surface area (TPSA) is 63.7 Å². The van der Waals surface area contributed by atoms with Crippen LogP contribution in [0, 0.1) is 5.82 Å². The molecule has 0 atom stereocenters. The Morgan fingerprint density at radius 1 is 1.21 bits per heavy atom. The van der Waals surface area contributed by atoms with Gasteiger partial charge < -0.3 is 4.74 Å². The molecule has 128 valence electrons. The number of nitrogens with zero attached hydrogens (tertiary/aromatic N) is 1. The van der Waals surface area contributed by atoms with Crippen LogP contribution in [0.25, 0.3) is 0 Å². The lowest BCUT2D eigenvalue weighted by Crippen LogP contribution is -2.37. The summed E-state index contributed by atoms with van der Waals surface area (Å²) in [6.07, 6.45) is 0. The third-order valence-electron chi connectivity index (χ3n) is 3.08. The third kappa shape index (κ3) is 3.80. The number of carbonyl (C=O) groups excluding carboxylic acids is 1. The van der Waals surface area contributed by atoms with Gasteiger partial charge in [-0.05, 0) is 30.3 Å². The van der Waals surface area contributed by atoms with Crippen molar-refractivity contribution in [3.05, 3.63) is 58.3 Å². The van der Waals surface area contributed by atoms with Crippen molar-refractivity contribution in [2.45, 2.75) is 4.90 Å². The first kappa shape index (κ1) is 18.5. The van der Waals surface area contributed by atoms with Crippen molar-refractivity contribution in [2.24, 2.45) is 0 Å². The van der Waals surface area contributed by atoms with E-state index in [1.807, 2.05) is 0 Å². The fourth-order valence-corrected chi connectivity index (χ4v) is 4.09. The van der Waals surface area contributed by atoms with Crippen molar-refractivity contribution in [3.8, 4) is 0 Å². The standard InChI is InChI=1S/C15H12Cl2FNO4S/c1-23-15(20)9-19(13-5-3-2-4-12(13)18)24(21,22)14-8-10(16)6-7-11(14)17/h2-8H,9H2,1H3. The predicted octanol–water partition coefficient (Wildman–Crippen LogP) is 3.50. The molecule has 0 radical (unpaired) electrons. The second kappa shape index (κ2) is 7.38. The second-order valence-electron chi connectivity index (χ2n) is 4.61. The Balaban J connectivity index is 2.64. The summed E-state index contributed by atoms with van der Waals surface area (Å²) in [5.74, 6) is -1.68. The molecule has 0 aromatic heterocycles. The van der Waals surface area contributed by atoms with Gasteiger partial charge in [-0.15, -0.1) is 0 Å². The van der Waals surface area contributed by atoms with Gasteiger partial charge in [-0.2, -0.15) is 0 Å². The quantitative estimate of drug-likeness (QED) is 0.731. The fraction of sp³-hybridized carbons (Fsp3) is 0.133. The van der Waals surface area contributed by atoms with E-state index in [0.29, 0.717) is 4.31 Å². The SMILES string of the molecule is COC(=O)CN(c1ccccc1F)S(=O)(=O)c1cc(Cl)ccc1Cl. The molecule has 0 aliphatic carbocycles. The number of carbonyl (C=O) groups is 1. The predicted molar refractivity (Wildman–Crippen MR) is 89.4 cm³/mol. The maximum Gasteiger partial charge on any atom is 0.326 e. The normalized spacial score (nSPS) is 11.2. The van der Waals surface area contributed by atoms with Gasteiger partial charge in [0.2, 0.25) is 0 Å². The van der Waals surface area contributed by atoms with E-state index >= 15 is 0 Å². The molecular weight excluding hydrogens is 380 g/mol. The van der Waals surface area contributed by atoms with Crippen LogP contribution in [0.3, 0.4) is 0 Å². The van der Waals surface area contributed by atoms with Gasteiger partial charge in [0, 0.05) is 5.02 Å². The zero-order chi connectivity index (χ0) is 17.9.